The quantitative estimate of drug-likeness (QED) is 0.225. The Bertz CT molecular complexity index is 1720. The van der Waals surface area contributed by atoms with Crippen molar-refractivity contribution in [3.05, 3.63) is 59.9 Å². The van der Waals surface area contributed by atoms with E-state index in [0.717, 1.165) is 6.42 Å². The van der Waals surface area contributed by atoms with E-state index in [1.807, 2.05) is 13.8 Å². The first-order valence-corrected chi connectivity index (χ1v) is 13.7. The van der Waals surface area contributed by atoms with Gasteiger partial charge >= 0.3 is 0 Å². The van der Waals surface area contributed by atoms with E-state index in [0.29, 0.717) is 59.5 Å². The largest absolute Gasteiger partial charge is 0.383 e. The smallest absolute Gasteiger partial charge is 0.291 e. The number of Topliss-reactive ketones (excluding diaryl/α,β-unsaturated/α-hetero) is 1. The molecule has 13 nitrogen and oxygen atoms in total. The maximum Gasteiger partial charge on any atom is 0.291 e. The number of pyridine rings is 1. The molecule has 1 amide bonds. The fourth-order valence-electron chi connectivity index (χ4n) is 5.18. The van der Waals surface area contributed by atoms with Crippen molar-refractivity contribution in [2.24, 2.45) is 7.05 Å². The number of carbonyl (C=O) groups is 2. The van der Waals surface area contributed by atoms with Gasteiger partial charge in [0.1, 0.15) is 17.8 Å². The molecule has 5 aromatic rings. The van der Waals surface area contributed by atoms with Crippen LogP contribution >= 0.6 is 0 Å². The van der Waals surface area contributed by atoms with Crippen molar-refractivity contribution in [1.82, 2.24) is 49.4 Å². The average Bonchev–Trinajstić information content (AvgIpc) is 3.73. The van der Waals surface area contributed by atoms with Crippen molar-refractivity contribution < 1.29 is 14.0 Å². The molecule has 0 fully saturated rings. The summed E-state index contributed by atoms with van der Waals surface area (Å²) in [6, 6.07) is 3.34. The van der Waals surface area contributed by atoms with E-state index in [1.165, 1.54) is 28.6 Å². The van der Waals surface area contributed by atoms with E-state index >= 15 is 0 Å². The summed E-state index contributed by atoms with van der Waals surface area (Å²) in [5.41, 5.74) is 9.65. The summed E-state index contributed by atoms with van der Waals surface area (Å²) in [4.78, 5) is 39.8. The topological polar surface area (TPSA) is 166 Å². The van der Waals surface area contributed by atoms with E-state index in [9.17, 15) is 14.0 Å². The Morgan fingerprint density at radius 3 is 2.62 bits per heavy atom. The van der Waals surface area contributed by atoms with E-state index in [4.69, 9.17) is 10.7 Å². The third kappa shape index (κ3) is 5.34. The van der Waals surface area contributed by atoms with Gasteiger partial charge in [0.25, 0.3) is 5.91 Å². The molecule has 218 valence electrons. The van der Waals surface area contributed by atoms with Crippen LogP contribution in [0, 0.1) is 5.82 Å². The highest BCUT2D eigenvalue weighted by atomic mass is 19.1. The number of nitrogens with zero attached hydrogens (tertiary/aromatic N) is 9. The summed E-state index contributed by atoms with van der Waals surface area (Å²) in [6.07, 6.45) is 8.28. The number of nitrogens with one attached hydrogen (secondary N) is 1. The molecule has 5 aromatic heterocycles. The lowest BCUT2D eigenvalue weighted by Crippen LogP contribution is -2.41. The Kier molecular flexibility index (Phi) is 8.04. The number of nitrogens with two attached hydrogens (primary N) is 1. The number of aromatic amines is 1. The molecule has 3 N–H and O–H groups in total. The molecule has 1 atom stereocenters. The summed E-state index contributed by atoms with van der Waals surface area (Å²) in [5.74, 6) is -0.548. The highest BCUT2D eigenvalue weighted by molar-refractivity contribution is 6.00. The average molecular weight is 574 g/mol. The van der Waals surface area contributed by atoms with Crippen LogP contribution in [0.3, 0.4) is 0 Å². The molecule has 0 spiro atoms. The summed E-state index contributed by atoms with van der Waals surface area (Å²) in [5, 5.41) is 16.2. The minimum Gasteiger partial charge on any atom is -0.383 e. The van der Waals surface area contributed by atoms with Gasteiger partial charge in [-0.05, 0) is 38.7 Å². The molecular weight excluding hydrogens is 541 g/mol. The van der Waals surface area contributed by atoms with Crippen LogP contribution in [0.2, 0.25) is 0 Å². The van der Waals surface area contributed by atoms with Crippen molar-refractivity contribution in [1.29, 1.82) is 0 Å². The number of hydrogen-bond acceptors (Lipinski definition) is 9. The SMILES string of the molecule is CCCN(C(=O)c1nnc[nH]1)[C@H](CC)CCc1nc2c(-c3ccc(-c4nn(C)cc4F)nc3)cnn2c(N)c1C(C)=O. The number of aryl methyl sites for hydroxylation is 2. The predicted molar refractivity (Wildman–Crippen MR) is 153 cm³/mol. The number of aromatic nitrogens is 9. The van der Waals surface area contributed by atoms with Crippen molar-refractivity contribution in [2.75, 3.05) is 12.3 Å². The molecule has 0 unspecified atom stereocenters. The Balaban J connectivity index is 1.48. The maximum absolute atomic E-state index is 14.2. The minimum atomic E-state index is -0.463. The lowest BCUT2D eigenvalue weighted by molar-refractivity contribution is 0.0650. The lowest BCUT2D eigenvalue weighted by atomic mass is 10.0. The number of amides is 1. The molecule has 14 heteroatoms. The first-order chi connectivity index (χ1) is 20.2. The second-order valence-corrected chi connectivity index (χ2v) is 10.0. The second-order valence-electron chi connectivity index (χ2n) is 10.0. The summed E-state index contributed by atoms with van der Waals surface area (Å²) in [6.45, 7) is 6.01. The van der Waals surface area contributed by atoms with E-state index in [-0.39, 0.29) is 35.1 Å². The lowest BCUT2D eigenvalue weighted by Gasteiger charge is -2.30. The molecule has 0 bridgehead atoms. The van der Waals surface area contributed by atoms with Crippen molar-refractivity contribution in [3.8, 4) is 22.5 Å². The third-order valence-corrected chi connectivity index (χ3v) is 7.18. The molecule has 0 saturated heterocycles. The number of fused-ring (bicyclic) bond motifs is 1. The van der Waals surface area contributed by atoms with E-state index < -0.39 is 5.82 Å². The fraction of sp³-hybridized carbons (Fsp3) is 0.357. The minimum absolute atomic E-state index is 0.130. The Morgan fingerprint density at radius 1 is 1.21 bits per heavy atom. The first kappa shape index (κ1) is 28.5. The van der Waals surface area contributed by atoms with Gasteiger partial charge in [0.2, 0.25) is 5.82 Å². The van der Waals surface area contributed by atoms with Crippen LogP contribution in [-0.2, 0) is 13.5 Å². The second kappa shape index (κ2) is 11.8. The molecule has 0 aromatic carbocycles. The maximum atomic E-state index is 14.2. The van der Waals surface area contributed by atoms with Gasteiger partial charge in [-0.25, -0.2) is 9.37 Å². The highest BCUT2D eigenvalue weighted by Crippen LogP contribution is 2.29. The van der Waals surface area contributed by atoms with Crippen LogP contribution in [0.5, 0.6) is 0 Å². The summed E-state index contributed by atoms with van der Waals surface area (Å²) < 4.78 is 17.0. The molecule has 5 rings (SSSR count). The number of hydrogen-bond donors (Lipinski definition) is 2. The third-order valence-electron chi connectivity index (χ3n) is 7.18. The van der Waals surface area contributed by atoms with Crippen molar-refractivity contribution >= 4 is 23.2 Å². The fourth-order valence-corrected chi connectivity index (χ4v) is 5.18. The van der Waals surface area contributed by atoms with Crippen LogP contribution in [0.25, 0.3) is 28.2 Å². The van der Waals surface area contributed by atoms with E-state index in [1.54, 1.807) is 36.5 Å². The highest BCUT2D eigenvalue weighted by Gasteiger charge is 2.27. The van der Waals surface area contributed by atoms with Gasteiger partial charge in [-0.2, -0.15) is 14.7 Å². The van der Waals surface area contributed by atoms with Gasteiger partial charge in [0, 0.05) is 37.0 Å². The van der Waals surface area contributed by atoms with Gasteiger partial charge in [0.05, 0.1) is 29.3 Å². The van der Waals surface area contributed by atoms with Crippen LogP contribution in [0.4, 0.5) is 10.2 Å². The Labute approximate surface area is 241 Å². The van der Waals surface area contributed by atoms with Gasteiger partial charge in [-0.1, -0.05) is 19.9 Å². The number of carbonyl (C=O) groups excluding carboxylic acids is 2. The monoisotopic (exact) mass is 573 g/mol. The van der Waals surface area contributed by atoms with Crippen LogP contribution in [0.1, 0.15) is 66.7 Å². The van der Waals surface area contributed by atoms with Crippen LogP contribution < -0.4 is 5.73 Å². The van der Waals surface area contributed by atoms with Gasteiger partial charge in [-0.15, -0.1) is 10.2 Å². The zero-order chi connectivity index (χ0) is 30.0. The molecule has 0 aliphatic rings. The molecule has 0 aliphatic carbocycles. The number of nitrogen functional groups attached to an aromatic ring is 1. The standard InChI is InChI=1S/C28H32FN11O2/c1-5-11-39(28(42)26-32-15-33-36-26)18(6-2)8-10-21-23(16(3)41)25(30)40-27(35-21)19(13-34-40)17-7-9-22(31-12-17)24-20(29)14-38(4)37-24/h7,9,12-15,18H,5-6,8,10-11,30H2,1-4H3,(H,32,33,36)/t18-/m1/s1. The molecular formula is C28H32FN11O2. The molecule has 0 saturated carbocycles. The summed E-state index contributed by atoms with van der Waals surface area (Å²) >= 11 is 0. The zero-order valence-corrected chi connectivity index (χ0v) is 23.9. The Morgan fingerprint density at radius 2 is 2.02 bits per heavy atom. The first-order valence-electron chi connectivity index (χ1n) is 13.7. The van der Waals surface area contributed by atoms with Gasteiger partial charge in [-0.3, -0.25) is 19.3 Å². The van der Waals surface area contributed by atoms with E-state index in [2.05, 4.69) is 30.4 Å². The number of H-pyrrole nitrogens is 1. The number of rotatable bonds is 11. The van der Waals surface area contributed by atoms with Crippen LogP contribution in [0.15, 0.2) is 37.1 Å². The Hall–Kier alpha value is -5.01. The van der Waals surface area contributed by atoms with Crippen molar-refractivity contribution in [3.63, 3.8) is 0 Å². The molecule has 5 heterocycles. The van der Waals surface area contributed by atoms with Gasteiger partial charge < -0.3 is 15.6 Å². The normalized spacial score (nSPS) is 12.1. The van der Waals surface area contributed by atoms with Crippen LogP contribution in [-0.4, -0.2) is 73.7 Å². The van der Waals surface area contributed by atoms with Gasteiger partial charge in [0.15, 0.2) is 17.2 Å². The number of anilines is 1. The predicted octanol–water partition coefficient (Wildman–Crippen LogP) is 3.50. The molecule has 0 radical (unpaired) electrons. The molecule has 42 heavy (non-hydrogen) atoms. The number of ketones is 1. The zero-order valence-electron chi connectivity index (χ0n) is 23.9. The summed E-state index contributed by atoms with van der Waals surface area (Å²) in [7, 11) is 1.64. The molecule has 0 aliphatic heterocycles. The van der Waals surface area contributed by atoms with Crippen molar-refractivity contribution in [2.45, 2.75) is 52.5 Å². The number of halogens is 1.